The molecule has 0 bridgehead atoms. The number of rotatable bonds is 1. The quantitative estimate of drug-likeness (QED) is 0.710. The lowest BCUT2D eigenvalue weighted by Gasteiger charge is -1.93. The molecule has 0 spiro atoms. The molecule has 2 aromatic heterocycles. The third-order valence-corrected chi connectivity index (χ3v) is 1.82. The number of hydrogen-bond donors (Lipinski definition) is 1. The van der Waals surface area contributed by atoms with Crippen LogP contribution in [0.5, 0.6) is 0 Å². The summed E-state index contributed by atoms with van der Waals surface area (Å²) in [7, 11) is 0. The van der Waals surface area contributed by atoms with Gasteiger partial charge >= 0.3 is 0 Å². The number of fused-ring (bicyclic) bond motifs is 1. The molecule has 2 nitrogen and oxygen atoms in total. The van der Waals surface area contributed by atoms with Gasteiger partial charge in [-0.05, 0) is 24.6 Å². The average molecular weight is 176 g/mol. The second-order valence-electron chi connectivity index (χ2n) is 2.57. The summed E-state index contributed by atoms with van der Waals surface area (Å²) in [5.74, 6) is 0. The lowest BCUT2D eigenvalue weighted by molar-refractivity contribution is 1.06. The summed E-state index contributed by atoms with van der Waals surface area (Å²) in [4.78, 5) is 7.53. The number of aryl methyl sites for hydroxylation is 1. The number of aromatic nitrogens is 2. The van der Waals surface area contributed by atoms with Crippen LogP contribution in [0.4, 0.5) is 0 Å². The Hall–Kier alpha value is -1.31. The fourth-order valence-electron chi connectivity index (χ4n) is 1.17. The van der Waals surface area contributed by atoms with Gasteiger partial charge in [-0.3, -0.25) is 4.98 Å². The van der Waals surface area contributed by atoms with E-state index >= 15 is 0 Å². The summed E-state index contributed by atoms with van der Waals surface area (Å²) < 4.78 is 0. The van der Waals surface area contributed by atoms with Crippen molar-refractivity contribution in [2.24, 2.45) is 0 Å². The molecule has 1 N–H and O–H groups in total. The van der Waals surface area contributed by atoms with Gasteiger partial charge in [0.15, 0.2) is 0 Å². The Labute approximate surface area is 79.0 Å². The van der Waals surface area contributed by atoms with Crippen LogP contribution < -0.4 is 0 Å². The van der Waals surface area contributed by atoms with Gasteiger partial charge in [0.1, 0.15) is 0 Å². The molecular weight excluding hydrogens is 160 g/mol. The molecule has 0 unspecified atom stereocenters. The number of pyridine rings is 1. The van der Waals surface area contributed by atoms with Crippen molar-refractivity contribution >= 4 is 11.0 Å². The molecule has 0 aromatic carbocycles. The van der Waals surface area contributed by atoms with Gasteiger partial charge in [-0.1, -0.05) is 20.8 Å². The monoisotopic (exact) mass is 176 g/mol. The third-order valence-electron chi connectivity index (χ3n) is 1.82. The highest BCUT2D eigenvalue weighted by molar-refractivity contribution is 5.74. The Morgan fingerprint density at radius 3 is 2.69 bits per heavy atom. The van der Waals surface area contributed by atoms with E-state index in [1.807, 2.05) is 26.1 Å². The van der Waals surface area contributed by atoms with Crippen molar-refractivity contribution in [2.75, 3.05) is 0 Å². The first-order valence-corrected chi connectivity index (χ1v) is 4.83. The minimum atomic E-state index is 1.00. The molecular formula is C11H16N2. The average Bonchev–Trinajstić information content (AvgIpc) is 2.67. The third kappa shape index (κ3) is 2.08. The lowest BCUT2D eigenvalue weighted by atomic mass is 10.3. The van der Waals surface area contributed by atoms with E-state index in [9.17, 15) is 0 Å². The standard InChI is InChI=1S/C9H10N2.C2H6/c1-2-7-3-4-8-9(11-7)5-6-10-8;1-2/h3-6,10H,2H2,1H3;1-2H3. The summed E-state index contributed by atoms with van der Waals surface area (Å²) in [6.45, 7) is 6.11. The van der Waals surface area contributed by atoms with E-state index in [1.54, 1.807) is 0 Å². The van der Waals surface area contributed by atoms with Gasteiger partial charge in [-0.2, -0.15) is 0 Å². The van der Waals surface area contributed by atoms with Crippen molar-refractivity contribution in [2.45, 2.75) is 27.2 Å². The number of aromatic amines is 1. The van der Waals surface area contributed by atoms with Gasteiger partial charge in [0.05, 0.1) is 11.0 Å². The maximum Gasteiger partial charge on any atom is 0.0882 e. The topological polar surface area (TPSA) is 28.7 Å². The lowest BCUT2D eigenvalue weighted by Crippen LogP contribution is -1.84. The van der Waals surface area contributed by atoms with Crippen LogP contribution in [0.15, 0.2) is 24.4 Å². The normalized spacial score (nSPS) is 9.46. The van der Waals surface area contributed by atoms with E-state index in [0.29, 0.717) is 0 Å². The second-order valence-corrected chi connectivity index (χ2v) is 2.57. The minimum absolute atomic E-state index is 1.00. The van der Waals surface area contributed by atoms with Crippen LogP contribution in [0.2, 0.25) is 0 Å². The predicted octanol–water partition coefficient (Wildman–Crippen LogP) is 3.15. The number of H-pyrrole nitrogens is 1. The van der Waals surface area contributed by atoms with Crippen molar-refractivity contribution in [3.63, 3.8) is 0 Å². The molecule has 0 amide bonds. The van der Waals surface area contributed by atoms with E-state index in [-0.39, 0.29) is 0 Å². The molecule has 0 atom stereocenters. The first kappa shape index (κ1) is 9.78. The minimum Gasteiger partial charge on any atom is -0.360 e. The molecule has 0 aliphatic heterocycles. The smallest absolute Gasteiger partial charge is 0.0882 e. The SMILES string of the molecule is CC.CCc1ccc2[nH]ccc2n1. The maximum atomic E-state index is 4.42. The zero-order valence-corrected chi connectivity index (χ0v) is 8.46. The molecule has 0 aliphatic carbocycles. The van der Waals surface area contributed by atoms with Crippen LogP contribution in [-0.4, -0.2) is 9.97 Å². The molecule has 0 aliphatic rings. The van der Waals surface area contributed by atoms with Crippen LogP contribution in [-0.2, 0) is 6.42 Å². The second kappa shape index (κ2) is 4.65. The van der Waals surface area contributed by atoms with Crippen LogP contribution in [0.3, 0.4) is 0 Å². The molecule has 70 valence electrons. The summed E-state index contributed by atoms with van der Waals surface area (Å²) >= 11 is 0. The summed E-state index contributed by atoms with van der Waals surface area (Å²) in [5.41, 5.74) is 3.32. The van der Waals surface area contributed by atoms with E-state index in [2.05, 4.69) is 29.0 Å². The van der Waals surface area contributed by atoms with Crippen LogP contribution in [0.1, 0.15) is 26.5 Å². The fraction of sp³-hybridized carbons (Fsp3) is 0.364. The summed E-state index contributed by atoms with van der Waals surface area (Å²) in [5, 5.41) is 0. The highest BCUT2D eigenvalue weighted by Gasteiger charge is 1.95. The number of nitrogens with zero attached hydrogens (tertiary/aromatic N) is 1. The summed E-state index contributed by atoms with van der Waals surface area (Å²) in [6, 6.07) is 6.12. The predicted molar refractivity (Wildman–Crippen MR) is 56.8 cm³/mol. The van der Waals surface area contributed by atoms with Crippen molar-refractivity contribution in [3.05, 3.63) is 30.1 Å². The van der Waals surface area contributed by atoms with Gasteiger partial charge in [-0.25, -0.2) is 0 Å². The Morgan fingerprint density at radius 2 is 2.00 bits per heavy atom. The van der Waals surface area contributed by atoms with Crippen molar-refractivity contribution < 1.29 is 0 Å². The van der Waals surface area contributed by atoms with Gasteiger partial charge in [0, 0.05) is 11.9 Å². The zero-order chi connectivity index (χ0) is 9.68. The Bertz CT molecular complexity index is 363. The van der Waals surface area contributed by atoms with Crippen molar-refractivity contribution in [1.29, 1.82) is 0 Å². The van der Waals surface area contributed by atoms with Crippen molar-refractivity contribution in [3.8, 4) is 0 Å². The van der Waals surface area contributed by atoms with Gasteiger partial charge in [0.25, 0.3) is 0 Å². The van der Waals surface area contributed by atoms with Gasteiger partial charge in [-0.15, -0.1) is 0 Å². The maximum absolute atomic E-state index is 4.42. The molecule has 0 saturated carbocycles. The van der Waals surface area contributed by atoms with E-state index in [1.165, 1.54) is 0 Å². The first-order valence-electron chi connectivity index (χ1n) is 4.83. The fourth-order valence-corrected chi connectivity index (χ4v) is 1.17. The zero-order valence-electron chi connectivity index (χ0n) is 8.46. The molecule has 2 heteroatoms. The molecule has 2 aromatic rings. The molecule has 0 fully saturated rings. The Kier molecular flexibility index (Phi) is 3.50. The molecule has 13 heavy (non-hydrogen) atoms. The molecule has 0 saturated heterocycles. The highest BCUT2D eigenvalue weighted by Crippen LogP contribution is 2.09. The van der Waals surface area contributed by atoms with Crippen LogP contribution in [0, 0.1) is 0 Å². The van der Waals surface area contributed by atoms with Crippen LogP contribution in [0.25, 0.3) is 11.0 Å². The largest absolute Gasteiger partial charge is 0.360 e. The number of nitrogens with one attached hydrogen (secondary N) is 1. The first-order chi connectivity index (χ1) is 6.40. The summed E-state index contributed by atoms with van der Waals surface area (Å²) in [6.07, 6.45) is 2.91. The van der Waals surface area contributed by atoms with E-state index < -0.39 is 0 Å². The van der Waals surface area contributed by atoms with Gasteiger partial charge < -0.3 is 4.98 Å². The van der Waals surface area contributed by atoms with E-state index in [4.69, 9.17) is 0 Å². The van der Waals surface area contributed by atoms with Crippen molar-refractivity contribution in [1.82, 2.24) is 9.97 Å². The van der Waals surface area contributed by atoms with Crippen LogP contribution >= 0.6 is 0 Å². The van der Waals surface area contributed by atoms with Gasteiger partial charge in [0.2, 0.25) is 0 Å². The Balaban J connectivity index is 0.000000396. The molecule has 0 radical (unpaired) electrons. The highest BCUT2D eigenvalue weighted by atomic mass is 14.8. The number of hydrogen-bond acceptors (Lipinski definition) is 1. The molecule has 2 rings (SSSR count). The van der Waals surface area contributed by atoms with E-state index in [0.717, 1.165) is 23.1 Å². The molecule has 2 heterocycles. The Morgan fingerprint density at radius 1 is 1.23 bits per heavy atom.